The number of amides is 1. The van der Waals surface area contributed by atoms with Gasteiger partial charge in [0.05, 0.1) is 23.3 Å². The lowest BCUT2D eigenvalue weighted by Crippen LogP contribution is -2.30. The quantitative estimate of drug-likeness (QED) is 0.409. The standard InChI is InChI=1S/C22H20N8O3/c1-13(2)22-17(25-15-3-5-18-14(7-15)9-24-33-18)8-21(32)30(28-22)11-20(31)26-16-4-6-19-27-23-12-29(19)10-16/h3-10,12-13,25H,11H2,1-2H3,(H,26,31). The number of fused-ring (bicyclic) bond motifs is 2. The largest absolute Gasteiger partial charge is 0.356 e. The van der Waals surface area contributed by atoms with E-state index in [-0.39, 0.29) is 18.4 Å². The molecule has 0 aliphatic rings. The molecule has 0 aliphatic carbocycles. The number of carbonyl (C=O) groups excluding carboxylic acids is 1. The molecule has 1 amide bonds. The van der Waals surface area contributed by atoms with Crippen LogP contribution in [0, 0.1) is 0 Å². The van der Waals surface area contributed by atoms with Crippen molar-refractivity contribution in [3.8, 4) is 0 Å². The van der Waals surface area contributed by atoms with Crippen LogP contribution in [-0.4, -0.2) is 35.4 Å². The first-order valence-corrected chi connectivity index (χ1v) is 10.3. The molecule has 11 heteroatoms. The summed E-state index contributed by atoms with van der Waals surface area (Å²) in [5, 5.41) is 22.8. The Morgan fingerprint density at radius 3 is 2.85 bits per heavy atom. The van der Waals surface area contributed by atoms with Gasteiger partial charge in [0.1, 0.15) is 12.9 Å². The Morgan fingerprint density at radius 1 is 1.15 bits per heavy atom. The average molecular weight is 444 g/mol. The summed E-state index contributed by atoms with van der Waals surface area (Å²) < 4.78 is 7.98. The summed E-state index contributed by atoms with van der Waals surface area (Å²) in [4.78, 5) is 25.3. The Hall–Kier alpha value is -4.54. The van der Waals surface area contributed by atoms with E-state index in [4.69, 9.17) is 4.52 Å². The van der Waals surface area contributed by atoms with Gasteiger partial charge in [-0.15, -0.1) is 10.2 Å². The summed E-state index contributed by atoms with van der Waals surface area (Å²) in [5.74, 6) is -0.358. The maximum absolute atomic E-state index is 12.7. The van der Waals surface area contributed by atoms with Crippen LogP contribution in [0.25, 0.3) is 16.6 Å². The molecule has 0 bridgehead atoms. The number of benzene rings is 1. The maximum Gasteiger partial charge on any atom is 0.269 e. The first kappa shape index (κ1) is 20.4. The van der Waals surface area contributed by atoms with Gasteiger partial charge in [-0.2, -0.15) is 5.10 Å². The number of aromatic nitrogens is 6. The fraction of sp³-hybridized carbons (Fsp3) is 0.182. The van der Waals surface area contributed by atoms with Gasteiger partial charge in [-0.05, 0) is 36.2 Å². The Balaban J connectivity index is 1.37. The molecule has 0 fully saturated rings. The number of rotatable bonds is 6. The molecule has 0 unspecified atom stereocenters. The highest BCUT2D eigenvalue weighted by Crippen LogP contribution is 2.26. The van der Waals surface area contributed by atoms with Gasteiger partial charge in [0.25, 0.3) is 5.56 Å². The Kier molecular flexibility index (Phi) is 5.05. The minimum atomic E-state index is -0.391. The van der Waals surface area contributed by atoms with Gasteiger partial charge >= 0.3 is 0 Å². The van der Waals surface area contributed by atoms with E-state index in [2.05, 4.69) is 31.1 Å². The molecule has 5 aromatic rings. The molecule has 2 N–H and O–H groups in total. The predicted octanol–water partition coefficient (Wildman–Crippen LogP) is 2.93. The molecular weight excluding hydrogens is 424 g/mol. The first-order chi connectivity index (χ1) is 16.0. The van der Waals surface area contributed by atoms with Crippen LogP contribution in [-0.2, 0) is 11.3 Å². The maximum atomic E-state index is 12.7. The van der Waals surface area contributed by atoms with Crippen LogP contribution in [0.1, 0.15) is 25.5 Å². The topological polar surface area (TPSA) is 132 Å². The van der Waals surface area contributed by atoms with Crippen molar-refractivity contribution in [2.45, 2.75) is 26.3 Å². The third kappa shape index (κ3) is 4.15. The van der Waals surface area contributed by atoms with Crippen molar-refractivity contribution in [1.29, 1.82) is 0 Å². The van der Waals surface area contributed by atoms with E-state index in [9.17, 15) is 9.59 Å². The summed E-state index contributed by atoms with van der Waals surface area (Å²) >= 11 is 0. The van der Waals surface area contributed by atoms with Crippen LogP contribution in [0.5, 0.6) is 0 Å². The fourth-order valence-electron chi connectivity index (χ4n) is 3.49. The van der Waals surface area contributed by atoms with Crippen LogP contribution in [0.15, 0.2) is 64.4 Å². The van der Waals surface area contributed by atoms with Crippen molar-refractivity contribution >= 4 is 39.6 Å². The molecule has 5 rings (SSSR count). The van der Waals surface area contributed by atoms with Gasteiger partial charge in [0.2, 0.25) is 5.91 Å². The summed E-state index contributed by atoms with van der Waals surface area (Å²) in [6.07, 6.45) is 4.86. The van der Waals surface area contributed by atoms with Crippen molar-refractivity contribution in [3.63, 3.8) is 0 Å². The average Bonchev–Trinajstić information content (AvgIpc) is 3.43. The highest BCUT2D eigenvalue weighted by Gasteiger charge is 2.15. The fourth-order valence-corrected chi connectivity index (χ4v) is 3.49. The van der Waals surface area contributed by atoms with Gasteiger partial charge in [-0.1, -0.05) is 19.0 Å². The SMILES string of the molecule is CC(C)c1nn(CC(=O)Nc2ccc3nncn3c2)c(=O)cc1Nc1ccc2oncc2c1. The first-order valence-electron chi connectivity index (χ1n) is 10.3. The summed E-state index contributed by atoms with van der Waals surface area (Å²) in [6, 6.07) is 10.4. The number of pyridine rings is 1. The predicted molar refractivity (Wildman–Crippen MR) is 121 cm³/mol. The van der Waals surface area contributed by atoms with Gasteiger partial charge in [0, 0.05) is 23.3 Å². The van der Waals surface area contributed by atoms with E-state index in [1.165, 1.54) is 6.07 Å². The molecule has 0 radical (unpaired) electrons. The van der Waals surface area contributed by atoms with E-state index in [1.54, 1.807) is 41.3 Å². The summed E-state index contributed by atoms with van der Waals surface area (Å²) in [7, 11) is 0. The Bertz CT molecular complexity index is 1530. The third-order valence-corrected chi connectivity index (χ3v) is 5.07. The zero-order valence-electron chi connectivity index (χ0n) is 17.9. The summed E-state index contributed by atoms with van der Waals surface area (Å²) in [6.45, 7) is 3.73. The van der Waals surface area contributed by atoms with Crippen molar-refractivity contribution in [1.82, 2.24) is 29.5 Å². The normalized spacial score (nSPS) is 11.4. The zero-order chi connectivity index (χ0) is 22.9. The van der Waals surface area contributed by atoms with Gasteiger partial charge in [-0.3, -0.25) is 14.0 Å². The second kappa shape index (κ2) is 8.19. The number of hydrogen-bond acceptors (Lipinski definition) is 8. The van der Waals surface area contributed by atoms with Gasteiger partial charge < -0.3 is 15.2 Å². The van der Waals surface area contributed by atoms with Crippen LogP contribution in [0.3, 0.4) is 0 Å². The Labute approximate surface area is 187 Å². The number of hydrogen-bond donors (Lipinski definition) is 2. The minimum absolute atomic E-state index is 0.0119. The van der Waals surface area contributed by atoms with E-state index < -0.39 is 5.56 Å². The molecule has 0 aliphatic heterocycles. The highest BCUT2D eigenvalue weighted by atomic mass is 16.5. The second-order valence-electron chi connectivity index (χ2n) is 7.86. The minimum Gasteiger partial charge on any atom is -0.356 e. The van der Waals surface area contributed by atoms with E-state index in [0.29, 0.717) is 28.3 Å². The van der Waals surface area contributed by atoms with Crippen LogP contribution >= 0.6 is 0 Å². The molecular formula is C22H20N8O3. The number of nitrogens with one attached hydrogen (secondary N) is 2. The number of carbonyl (C=O) groups is 1. The smallest absolute Gasteiger partial charge is 0.269 e. The molecule has 4 heterocycles. The van der Waals surface area contributed by atoms with Gasteiger partial charge in [0.15, 0.2) is 11.2 Å². The van der Waals surface area contributed by atoms with Crippen molar-refractivity contribution in [2.24, 2.45) is 0 Å². The van der Waals surface area contributed by atoms with Gasteiger partial charge in [-0.25, -0.2) is 4.68 Å². The molecule has 1 aromatic carbocycles. The van der Waals surface area contributed by atoms with Crippen LogP contribution < -0.4 is 16.2 Å². The van der Waals surface area contributed by atoms with Crippen molar-refractivity contribution < 1.29 is 9.32 Å². The highest BCUT2D eigenvalue weighted by molar-refractivity contribution is 5.90. The third-order valence-electron chi connectivity index (χ3n) is 5.07. The van der Waals surface area contributed by atoms with Crippen LogP contribution in [0.2, 0.25) is 0 Å². The lowest BCUT2D eigenvalue weighted by atomic mass is 10.1. The second-order valence-corrected chi connectivity index (χ2v) is 7.86. The summed E-state index contributed by atoms with van der Waals surface area (Å²) in [5.41, 5.74) is 3.53. The molecule has 33 heavy (non-hydrogen) atoms. The van der Waals surface area contributed by atoms with E-state index in [0.717, 1.165) is 15.8 Å². The van der Waals surface area contributed by atoms with Crippen molar-refractivity contribution in [3.05, 3.63) is 71.2 Å². The number of anilines is 3. The molecule has 11 nitrogen and oxygen atoms in total. The molecule has 166 valence electrons. The molecule has 4 aromatic heterocycles. The lowest BCUT2D eigenvalue weighted by Gasteiger charge is -2.16. The van der Waals surface area contributed by atoms with E-state index in [1.807, 2.05) is 26.0 Å². The Morgan fingerprint density at radius 2 is 2.00 bits per heavy atom. The molecule has 0 atom stereocenters. The van der Waals surface area contributed by atoms with Crippen molar-refractivity contribution in [2.75, 3.05) is 10.6 Å². The number of nitrogens with zero attached hydrogens (tertiary/aromatic N) is 6. The molecule has 0 saturated carbocycles. The van der Waals surface area contributed by atoms with Crippen LogP contribution in [0.4, 0.5) is 17.1 Å². The van der Waals surface area contributed by atoms with E-state index >= 15 is 0 Å². The lowest BCUT2D eigenvalue weighted by molar-refractivity contribution is -0.117. The molecule has 0 saturated heterocycles. The monoisotopic (exact) mass is 444 g/mol. The zero-order valence-corrected chi connectivity index (χ0v) is 17.9. The molecule has 0 spiro atoms.